The summed E-state index contributed by atoms with van der Waals surface area (Å²) in [5.41, 5.74) is 0. The molecule has 0 spiro atoms. The third kappa shape index (κ3) is 9.78. The first-order valence-electron chi connectivity index (χ1n) is 1.76. The summed E-state index contributed by atoms with van der Waals surface area (Å²) in [4.78, 5) is 15.8. The van der Waals surface area contributed by atoms with Gasteiger partial charge in [-0.15, -0.1) is 0 Å². The second-order valence-electron chi connectivity index (χ2n) is 0.908. The van der Waals surface area contributed by atoms with Gasteiger partial charge in [0.15, 0.2) is 0 Å². The Labute approximate surface area is 57.4 Å². The Morgan fingerprint density at radius 1 is 1.62 bits per heavy atom. The Bertz CT molecular complexity index is 88.0. The zero-order valence-corrected chi connectivity index (χ0v) is 6.06. The van der Waals surface area contributed by atoms with Crippen LogP contribution < -0.4 is 0 Å². The smallest absolute Gasteiger partial charge is 0.303 e. The Kier molecular flexibility index (Phi) is 6.39. The zero-order valence-electron chi connectivity index (χ0n) is 4.18. The molecule has 0 aliphatic rings. The van der Waals surface area contributed by atoms with Gasteiger partial charge in [-0.3, -0.25) is 4.52 Å². The summed E-state index contributed by atoms with van der Waals surface area (Å²) < 4.78 is 13.6. The number of phosphoric acid groups is 1. The first-order valence-corrected chi connectivity index (χ1v) is 3.29. The van der Waals surface area contributed by atoms with Crippen LogP contribution in [0.4, 0.5) is 0 Å². The van der Waals surface area contributed by atoms with Crippen LogP contribution in [0.25, 0.3) is 0 Å². The number of hydrogen-bond donors (Lipinski definition) is 2. The molecule has 0 saturated carbocycles. The summed E-state index contributed by atoms with van der Waals surface area (Å²) in [5, 5.41) is 0. The molecule has 0 aromatic heterocycles. The fourth-order valence-corrected chi connectivity index (χ4v) is 0.505. The molecule has 2 N–H and O–H groups in total. The second kappa shape index (κ2) is 4.48. The molecule has 0 aliphatic heterocycles. The van der Waals surface area contributed by atoms with E-state index in [0.717, 1.165) is 0 Å². The van der Waals surface area contributed by atoms with Gasteiger partial charge in [-0.05, 0) is 6.92 Å². The van der Waals surface area contributed by atoms with E-state index in [2.05, 4.69) is 4.52 Å². The fraction of sp³-hybridized carbons (Fsp3) is 1.00. The van der Waals surface area contributed by atoms with E-state index in [0.29, 0.717) is 0 Å². The third-order valence-electron chi connectivity index (χ3n) is 0.297. The summed E-state index contributed by atoms with van der Waals surface area (Å²) in [5.74, 6) is 0. The molecule has 0 saturated heterocycles. The van der Waals surface area contributed by atoms with Crippen LogP contribution in [0.2, 0.25) is 0 Å². The van der Waals surface area contributed by atoms with Crippen molar-refractivity contribution in [1.29, 1.82) is 0 Å². The van der Waals surface area contributed by atoms with Gasteiger partial charge in [0.05, 0.1) is 6.61 Å². The third-order valence-corrected chi connectivity index (χ3v) is 0.892. The van der Waals surface area contributed by atoms with Crippen LogP contribution in [0.1, 0.15) is 6.92 Å². The fourth-order valence-electron chi connectivity index (χ4n) is 0.168. The van der Waals surface area contributed by atoms with Crippen molar-refractivity contribution < 1.29 is 35.4 Å². The largest absolute Gasteiger partial charge is 0.469 e. The van der Waals surface area contributed by atoms with Gasteiger partial charge in [0, 0.05) is 16.5 Å². The topological polar surface area (TPSA) is 66.8 Å². The predicted molar refractivity (Wildman–Crippen MR) is 23.7 cm³/mol. The molecule has 0 unspecified atom stereocenters. The van der Waals surface area contributed by atoms with E-state index >= 15 is 0 Å². The number of rotatable bonds is 2. The Morgan fingerprint density at radius 2 is 2.00 bits per heavy atom. The Morgan fingerprint density at radius 3 is 2.00 bits per heavy atom. The van der Waals surface area contributed by atoms with E-state index < -0.39 is 7.82 Å². The molecule has 0 amide bonds. The Balaban J connectivity index is 0. The van der Waals surface area contributed by atoms with Gasteiger partial charge in [0.2, 0.25) is 0 Å². The molecule has 0 atom stereocenters. The molecule has 8 heavy (non-hydrogen) atoms. The zero-order chi connectivity index (χ0) is 5.91. The molecule has 6 heteroatoms. The van der Waals surface area contributed by atoms with Crippen molar-refractivity contribution in [2.24, 2.45) is 0 Å². The van der Waals surface area contributed by atoms with Crippen LogP contribution in [-0.2, 0) is 25.6 Å². The van der Waals surface area contributed by atoms with E-state index in [4.69, 9.17) is 9.79 Å². The first-order chi connectivity index (χ1) is 3.06. The molecular weight excluding hydrogens is 178 g/mol. The van der Waals surface area contributed by atoms with Crippen molar-refractivity contribution in [2.45, 2.75) is 6.92 Å². The number of phosphoric ester groups is 1. The van der Waals surface area contributed by atoms with Crippen molar-refractivity contribution in [2.75, 3.05) is 6.61 Å². The summed E-state index contributed by atoms with van der Waals surface area (Å²) >= 11 is 0. The van der Waals surface area contributed by atoms with Gasteiger partial charge in [0.1, 0.15) is 0 Å². The average molecular weight is 185 g/mol. The van der Waals surface area contributed by atoms with Crippen molar-refractivity contribution in [3.63, 3.8) is 0 Å². The molecule has 4 nitrogen and oxygen atoms in total. The first kappa shape index (κ1) is 11.4. The van der Waals surface area contributed by atoms with Crippen molar-refractivity contribution >= 4 is 7.82 Å². The summed E-state index contributed by atoms with van der Waals surface area (Å²) in [6, 6.07) is 0. The van der Waals surface area contributed by atoms with Crippen molar-refractivity contribution in [3.8, 4) is 0 Å². The van der Waals surface area contributed by atoms with E-state index in [-0.39, 0.29) is 23.1 Å². The molecular formula is C2H7NiO4P. The molecule has 0 fully saturated rings. The minimum atomic E-state index is -4.17. The maximum absolute atomic E-state index is 9.70. The van der Waals surface area contributed by atoms with Crippen LogP contribution in [0.3, 0.4) is 0 Å². The molecule has 0 aliphatic carbocycles. The minimum Gasteiger partial charge on any atom is -0.303 e. The second-order valence-corrected chi connectivity index (χ2v) is 2.15. The Hall–Kier alpha value is 0.604. The van der Waals surface area contributed by atoms with Gasteiger partial charge >= 0.3 is 7.82 Å². The van der Waals surface area contributed by atoms with Crippen LogP contribution in [0.5, 0.6) is 0 Å². The SMILES string of the molecule is CCOP(=O)(O)O.[Ni]. The minimum absolute atomic E-state index is 0. The van der Waals surface area contributed by atoms with Crippen molar-refractivity contribution in [3.05, 3.63) is 0 Å². The summed E-state index contributed by atoms with van der Waals surface area (Å²) in [7, 11) is -4.17. The summed E-state index contributed by atoms with van der Waals surface area (Å²) in [6.07, 6.45) is 0. The molecule has 0 rings (SSSR count). The standard InChI is InChI=1S/C2H7O4P.Ni/c1-2-6-7(3,4)5;/h2H2,1H3,(H2,3,4,5);. The average Bonchev–Trinajstić information content (AvgIpc) is 1.30. The van der Waals surface area contributed by atoms with Gasteiger partial charge in [-0.2, -0.15) is 0 Å². The molecule has 54 valence electrons. The maximum atomic E-state index is 9.70. The van der Waals surface area contributed by atoms with E-state index in [1.54, 1.807) is 0 Å². The normalized spacial score (nSPS) is 10.4. The van der Waals surface area contributed by atoms with Crippen molar-refractivity contribution in [1.82, 2.24) is 0 Å². The number of hydrogen-bond acceptors (Lipinski definition) is 2. The van der Waals surface area contributed by atoms with Gasteiger partial charge in [0.25, 0.3) is 0 Å². The van der Waals surface area contributed by atoms with Gasteiger partial charge in [-0.1, -0.05) is 0 Å². The van der Waals surface area contributed by atoms with E-state index in [1.165, 1.54) is 6.92 Å². The van der Waals surface area contributed by atoms with Gasteiger partial charge < -0.3 is 9.79 Å². The van der Waals surface area contributed by atoms with Crippen LogP contribution in [-0.4, -0.2) is 16.4 Å². The molecule has 0 heterocycles. The van der Waals surface area contributed by atoms with E-state index in [9.17, 15) is 4.57 Å². The predicted octanol–water partition coefficient (Wildman–Crippen LogP) is 0.113. The summed E-state index contributed by atoms with van der Waals surface area (Å²) in [6.45, 7) is 1.56. The monoisotopic (exact) mass is 184 g/mol. The molecule has 0 bridgehead atoms. The molecule has 0 aromatic rings. The molecule has 0 radical (unpaired) electrons. The molecule has 0 aromatic carbocycles. The quantitative estimate of drug-likeness (QED) is 0.473. The maximum Gasteiger partial charge on any atom is 0.469 e. The van der Waals surface area contributed by atoms with Gasteiger partial charge in [-0.25, -0.2) is 4.57 Å². The van der Waals surface area contributed by atoms with E-state index in [1.807, 2.05) is 0 Å². The van der Waals surface area contributed by atoms with Crippen LogP contribution in [0, 0.1) is 0 Å². The van der Waals surface area contributed by atoms with Crippen LogP contribution >= 0.6 is 7.82 Å². The van der Waals surface area contributed by atoms with Crippen LogP contribution in [0.15, 0.2) is 0 Å².